The van der Waals surface area contributed by atoms with Gasteiger partial charge in [0.15, 0.2) is 0 Å². The Bertz CT molecular complexity index is 582. The van der Waals surface area contributed by atoms with E-state index in [1.165, 1.54) is 11.1 Å². The first-order chi connectivity index (χ1) is 10.7. The number of ether oxygens (including phenoxy) is 1. The number of furan rings is 1. The normalized spacial score (nSPS) is 19.8. The summed E-state index contributed by atoms with van der Waals surface area (Å²) in [4.78, 5) is 2.32. The van der Waals surface area contributed by atoms with Crippen LogP contribution in [0.3, 0.4) is 0 Å². The van der Waals surface area contributed by atoms with E-state index in [0.717, 1.165) is 18.7 Å². The van der Waals surface area contributed by atoms with Crippen molar-refractivity contribution >= 4 is 0 Å². The summed E-state index contributed by atoms with van der Waals surface area (Å²) in [5, 5.41) is 10.2. The van der Waals surface area contributed by atoms with Crippen molar-refractivity contribution in [3.05, 3.63) is 59.5 Å². The maximum absolute atomic E-state index is 10.2. The highest BCUT2D eigenvalue weighted by Crippen LogP contribution is 2.28. The van der Waals surface area contributed by atoms with Crippen LogP contribution < -0.4 is 0 Å². The zero-order chi connectivity index (χ0) is 15.4. The lowest BCUT2D eigenvalue weighted by Gasteiger charge is -2.36. The number of β-amino-alcohol motifs (C(OH)–C–C–N with tert-alkyl or cyclic N) is 1. The highest BCUT2D eigenvalue weighted by molar-refractivity contribution is 5.32. The number of aliphatic hydroxyl groups is 1. The standard InChI is InChI=1S/C18H23NO3/c1-14-18-7-3-2-5-15(18)8-9-19(14)11-16(20)12-21-13-17-6-4-10-22-17/h2-7,10,14,16,20H,8-9,11-13H2,1H3. The maximum Gasteiger partial charge on any atom is 0.129 e. The largest absolute Gasteiger partial charge is 0.467 e. The summed E-state index contributed by atoms with van der Waals surface area (Å²) in [6.45, 7) is 4.55. The van der Waals surface area contributed by atoms with E-state index in [2.05, 4.69) is 36.1 Å². The summed E-state index contributed by atoms with van der Waals surface area (Å²) in [6.07, 6.45) is 2.19. The summed E-state index contributed by atoms with van der Waals surface area (Å²) in [5.74, 6) is 0.785. The molecule has 2 heterocycles. The fraction of sp³-hybridized carbons (Fsp3) is 0.444. The fourth-order valence-corrected chi connectivity index (χ4v) is 3.09. The SMILES string of the molecule is CC1c2ccccc2CCN1CC(O)COCc1ccco1. The molecule has 2 unspecified atom stereocenters. The molecule has 2 atom stereocenters. The second-order valence-corrected chi connectivity index (χ2v) is 5.87. The van der Waals surface area contributed by atoms with Gasteiger partial charge in [0.2, 0.25) is 0 Å². The van der Waals surface area contributed by atoms with E-state index in [1.54, 1.807) is 6.26 Å². The van der Waals surface area contributed by atoms with Crippen LogP contribution in [0.4, 0.5) is 0 Å². The second-order valence-electron chi connectivity index (χ2n) is 5.87. The van der Waals surface area contributed by atoms with E-state index in [9.17, 15) is 5.11 Å². The minimum atomic E-state index is -0.484. The average molecular weight is 301 g/mol. The predicted octanol–water partition coefficient (Wildman–Crippen LogP) is 2.78. The van der Waals surface area contributed by atoms with Crippen molar-refractivity contribution in [2.45, 2.75) is 32.1 Å². The smallest absolute Gasteiger partial charge is 0.129 e. The molecule has 1 aromatic heterocycles. The molecule has 0 amide bonds. The summed E-state index contributed by atoms with van der Waals surface area (Å²) in [5.41, 5.74) is 2.80. The molecular formula is C18H23NO3. The fourth-order valence-electron chi connectivity index (χ4n) is 3.09. The molecular weight excluding hydrogens is 278 g/mol. The monoisotopic (exact) mass is 301 g/mol. The maximum atomic E-state index is 10.2. The lowest BCUT2D eigenvalue weighted by molar-refractivity contribution is -0.00211. The van der Waals surface area contributed by atoms with Crippen molar-refractivity contribution in [1.82, 2.24) is 4.90 Å². The molecule has 1 aromatic carbocycles. The van der Waals surface area contributed by atoms with E-state index in [1.807, 2.05) is 12.1 Å². The minimum Gasteiger partial charge on any atom is -0.467 e. The van der Waals surface area contributed by atoms with Gasteiger partial charge in [0, 0.05) is 19.1 Å². The first-order valence-corrected chi connectivity index (χ1v) is 7.84. The van der Waals surface area contributed by atoms with Gasteiger partial charge in [-0.05, 0) is 36.6 Å². The molecule has 0 saturated heterocycles. The Morgan fingerprint density at radius 1 is 1.32 bits per heavy atom. The van der Waals surface area contributed by atoms with Gasteiger partial charge in [-0.1, -0.05) is 24.3 Å². The van der Waals surface area contributed by atoms with Crippen LogP contribution in [0.2, 0.25) is 0 Å². The van der Waals surface area contributed by atoms with Gasteiger partial charge in [-0.2, -0.15) is 0 Å². The first kappa shape index (κ1) is 15.3. The van der Waals surface area contributed by atoms with Crippen LogP contribution in [0, 0.1) is 0 Å². The summed E-state index contributed by atoms with van der Waals surface area (Å²) >= 11 is 0. The van der Waals surface area contributed by atoms with Crippen LogP contribution >= 0.6 is 0 Å². The van der Waals surface area contributed by atoms with Crippen LogP contribution in [0.25, 0.3) is 0 Å². The molecule has 0 saturated carbocycles. The number of fused-ring (bicyclic) bond motifs is 1. The predicted molar refractivity (Wildman–Crippen MR) is 84.5 cm³/mol. The molecule has 4 nitrogen and oxygen atoms in total. The summed E-state index contributed by atoms with van der Waals surface area (Å²) < 4.78 is 10.7. The molecule has 1 aliphatic rings. The van der Waals surface area contributed by atoms with Gasteiger partial charge in [-0.25, -0.2) is 0 Å². The number of aliphatic hydroxyl groups excluding tert-OH is 1. The van der Waals surface area contributed by atoms with E-state index in [4.69, 9.17) is 9.15 Å². The van der Waals surface area contributed by atoms with Crippen molar-refractivity contribution in [2.24, 2.45) is 0 Å². The number of hydrogen-bond acceptors (Lipinski definition) is 4. The Morgan fingerprint density at radius 2 is 2.18 bits per heavy atom. The highest BCUT2D eigenvalue weighted by Gasteiger charge is 2.25. The third-order valence-electron chi connectivity index (χ3n) is 4.30. The minimum absolute atomic E-state index is 0.325. The highest BCUT2D eigenvalue weighted by atomic mass is 16.5. The van der Waals surface area contributed by atoms with E-state index < -0.39 is 6.10 Å². The summed E-state index contributed by atoms with van der Waals surface area (Å²) in [6, 6.07) is 12.6. The van der Waals surface area contributed by atoms with Gasteiger partial charge in [0.05, 0.1) is 19.0 Å². The lowest BCUT2D eigenvalue weighted by Crippen LogP contribution is -2.40. The average Bonchev–Trinajstić information content (AvgIpc) is 3.04. The number of hydrogen-bond donors (Lipinski definition) is 1. The Hall–Kier alpha value is -1.62. The number of benzene rings is 1. The molecule has 1 aliphatic heterocycles. The van der Waals surface area contributed by atoms with Crippen molar-refractivity contribution < 1.29 is 14.3 Å². The van der Waals surface area contributed by atoms with Gasteiger partial charge in [-0.3, -0.25) is 4.90 Å². The van der Waals surface area contributed by atoms with E-state index >= 15 is 0 Å². The van der Waals surface area contributed by atoms with Crippen LogP contribution in [-0.2, 0) is 17.8 Å². The molecule has 3 rings (SSSR count). The Labute approximate surface area is 131 Å². The Kier molecular flexibility index (Phi) is 4.93. The molecule has 2 aromatic rings. The van der Waals surface area contributed by atoms with Gasteiger partial charge in [0.1, 0.15) is 12.4 Å². The molecule has 22 heavy (non-hydrogen) atoms. The molecule has 118 valence electrons. The molecule has 1 N–H and O–H groups in total. The number of rotatable bonds is 6. The van der Waals surface area contributed by atoms with Crippen LogP contribution in [0.1, 0.15) is 29.9 Å². The second kappa shape index (κ2) is 7.09. The zero-order valence-corrected chi connectivity index (χ0v) is 12.9. The van der Waals surface area contributed by atoms with Gasteiger partial charge < -0.3 is 14.3 Å². The quantitative estimate of drug-likeness (QED) is 0.891. The molecule has 0 radical (unpaired) electrons. The van der Waals surface area contributed by atoms with Gasteiger partial charge >= 0.3 is 0 Å². The van der Waals surface area contributed by atoms with Crippen molar-refractivity contribution in [3.63, 3.8) is 0 Å². The molecule has 0 aliphatic carbocycles. The Balaban J connectivity index is 1.48. The third-order valence-corrected chi connectivity index (χ3v) is 4.30. The first-order valence-electron chi connectivity index (χ1n) is 7.84. The van der Waals surface area contributed by atoms with E-state index in [-0.39, 0.29) is 0 Å². The lowest BCUT2D eigenvalue weighted by atomic mass is 9.93. The van der Waals surface area contributed by atoms with Crippen LogP contribution in [0.5, 0.6) is 0 Å². The van der Waals surface area contributed by atoms with E-state index in [0.29, 0.717) is 25.8 Å². The molecule has 0 spiro atoms. The molecule has 4 heteroatoms. The summed E-state index contributed by atoms with van der Waals surface area (Å²) in [7, 11) is 0. The molecule has 0 bridgehead atoms. The van der Waals surface area contributed by atoms with Crippen molar-refractivity contribution in [1.29, 1.82) is 0 Å². The zero-order valence-electron chi connectivity index (χ0n) is 12.9. The number of nitrogens with zero attached hydrogens (tertiary/aromatic N) is 1. The van der Waals surface area contributed by atoms with Gasteiger partial charge in [-0.15, -0.1) is 0 Å². The van der Waals surface area contributed by atoms with Crippen LogP contribution in [-0.4, -0.2) is 35.8 Å². The van der Waals surface area contributed by atoms with Crippen molar-refractivity contribution in [3.8, 4) is 0 Å². The molecule has 0 fully saturated rings. The topological polar surface area (TPSA) is 45.8 Å². The third kappa shape index (κ3) is 3.58. The Morgan fingerprint density at radius 3 is 3.00 bits per heavy atom. The van der Waals surface area contributed by atoms with Crippen molar-refractivity contribution in [2.75, 3.05) is 19.7 Å². The van der Waals surface area contributed by atoms with Crippen LogP contribution in [0.15, 0.2) is 47.1 Å². The van der Waals surface area contributed by atoms with Gasteiger partial charge in [0.25, 0.3) is 0 Å².